The summed E-state index contributed by atoms with van der Waals surface area (Å²) < 4.78 is 18.7. The zero-order chi connectivity index (χ0) is 12.2. The van der Waals surface area contributed by atoms with Crippen LogP contribution in [0.15, 0.2) is 30.3 Å². The highest BCUT2D eigenvalue weighted by atomic mass is 31.2. The highest BCUT2D eigenvalue weighted by Crippen LogP contribution is 2.44. The van der Waals surface area contributed by atoms with E-state index in [0.717, 1.165) is 0 Å². The van der Waals surface area contributed by atoms with E-state index in [1.165, 1.54) is 24.3 Å². The van der Waals surface area contributed by atoms with Crippen LogP contribution in [0.4, 0.5) is 4.79 Å². The molecule has 0 saturated heterocycles. The van der Waals surface area contributed by atoms with Gasteiger partial charge in [-0.25, -0.2) is 14.0 Å². The molecule has 0 heterocycles. The smallest absolute Gasteiger partial charge is 0.418 e. The molecule has 1 atom stereocenters. The molecule has 0 spiro atoms. The number of rotatable bonds is 4. The fourth-order valence-electron chi connectivity index (χ4n) is 0.771. The van der Waals surface area contributed by atoms with Crippen LogP contribution < -0.4 is 4.74 Å². The molecule has 0 amide bonds. The second kappa shape index (κ2) is 4.73. The third kappa shape index (κ3) is 3.34. The van der Waals surface area contributed by atoms with E-state index in [-0.39, 0.29) is 5.75 Å². The molecule has 1 N–H and O–H groups in total. The molecule has 0 aliphatic carbocycles. The molecule has 86 valence electrons. The largest absolute Gasteiger partial charge is 0.472 e. The first-order chi connectivity index (χ1) is 7.42. The van der Waals surface area contributed by atoms with Crippen LogP contribution in [-0.2, 0) is 9.19 Å². The Labute approximate surface area is 89.0 Å². The molecule has 1 aromatic carbocycles. The third-order valence-electron chi connectivity index (χ3n) is 1.36. The molecule has 16 heavy (non-hydrogen) atoms. The van der Waals surface area contributed by atoms with Crippen molar-refractivity contribution >= 4 is 13.3 Å². The van der Waals surface area contributed by atoms with E-state index in [0.29, 0.717) is 0 Å². The molecule has 0 aliphatic heterocycles. The predicted molar refractivity (Wildman–Crippen MR) is 50.4 cm³/mol. The average Bonchev–Trinajstić information content (AvgIpc) is 2.17. The fourth-order valence-corrected chi connectivity index (χ4v) is 1.24. The average molecular weight is 247 g/mol. The van der Waals surface area contributed by atoms with Crippen LogP contribution >= 0.6 is 7.60 Å². The summed E-state index contributed by atoms with van der Waals surface area (Å²) in [7, 11) is -5.07. The molecule has 0 fully saturated rings. The van der Waals surface area contributed by atoms with E-state index in [9.17, 15) is 19.5 Å². The molecular weight excluding hydrogens is 241 g/mol. The number of benzene rings is 1. The Hall–Kier alpha value is -1.92. The lowest BCUT2D eigenvalue weighted by Crippen LogP contribution is -2.11. The Kier molecular flexibility index (Phi) is 3.60. The minimum atomic E-state index is -5.07. The maximum absolute atomic E-state index is 11.0. The molecule has 0 bridgehead atoms. The normalized spacial score (nSPS) is 13.6. The van der Waals surface area contributed by atoms with Crippen molar-refractivity contribution in [1.29, 1.82) is 0 Å². The fraction of sp³-hybridized carbons (Fsp3) is 0. The van der Waals surface area contributed by atoms with Crippen LogP contribution in [0.5, 0.6) is 5.75 Å². The Balaban J connectivity index is 2.73. The van der Waals surface area contributed by atoms with E-state index in [1.807, 2.05) is 0 Å². The van der Waals surface area contributed by atoms with Gasteiger partial charge in [0.15, 0.2) is 0 Å². The van der Waals surface area contributed by atoms with Crippen LogP contribution in [0.25, 0.3) is 0 Å². The second-order valence-corrected chi connectivity index (χ2v) is 4.08. The van der Waals surface area contributed by atoms with Gasteiger partial charge in [-0.1, -0.05) is 18.2 Å². The molecule has 9 heteroatoms. The van der Waals surface area contributed by atoms with E-state index < -0.39 is 18.4 Å². The Morgan fingerprint density at radius 3 is 2.44 bits per heavy atom. The maximum atomic E-state index is 11.0. The van der Waals surface area contributed by atoms with Crippen LogP contribution in [0, 0.1) is 10.1 Å². The number of hydrogen-bond acceptors (Lipinski definition) is 6. The first-order valence-corrected chi connectivity index (χ1v) is 5.44. The first kappa shape index (κ1) is 12.2. The van der Waals surface area contributed by atoms with Crippen molar-refractivity contribution in [1.82, 2.24) is 0 Å². The van der Waals surface area contributed by atoms with Crippen LogP contribution in [0.2, 0.25) is 0 Å². The Bertz CT molecular complexity index is 445. The van der Waals surface area contributed by atoms with Gasteiger partial charge in [-0.3, -0.25) is 0 Å². The van der Waals surface area contributed by atoms with Gasteiger partial charge in [-0.15, -0.1) is 10.1 Å². The predicted octanol–water partition coefficient (Wildman–Crippen LogP) is 1.58. The number of carbonyl (C=O) groups is 1. The van der Waals surface area contributed by atoms with Crippen molar-refractivity contribution < 1.29 is 28.7 Å². The number of ether oxygens (including phenoxy) is 1. The van der Waals surface area contributed by atoms with Crippen LogP contribution in [0.1, 0.15) is 0 Å². The van der Waals surface area contributed by atoms with E-state index in [4.69, 9.17) is 4.89 Å². The summed E-state index contributed by atoms with van der Waals surface area (Å²) in [4.78, 5) is 29.7. The van der Waals surface area contributed by atoms with Gasteiger partial charge >= 0.3 is 18.4 Å². The maximum Gasteiger partial charge on any atom is 0.472 e. The molecule has 0 aliphatic rings. The summed E-state index contributed by atoms with van der Waals surface area (Å²) in [6, 6.07) is 7.33. The third-order valence-corrected chi connectivity index (χ3v) is 2.26. The van der Waals surface area contributed by atoms with Gasteiger partial charge in [0.25, 0.3) is 0 Å². The zero-order valence-electron chi connectivity index (χ0n) is 7.68. The number of nitrogens with zero attached hydrogens (tertiary/aromatic N) is 1. The summed E-state index contributed by atoms with van der Waals surface area (Å²) in [5.74, 6) is -0.0197. The minimum absolute atomic E-state index is 0.0197. The van der Waals surface area contributed by atoms with Gasteiger partial charge < -0.3 is 9.63 Å². The molecule has 0 saturated carbocycles. The highest BCUT2D eigenvalue weighted by Gasteiger charge is 2.36. The van der Waals surface area contributed by atoms with Gasteiger partial charge in [-0.05, 0) is 12.1 Å². The number of para-hydroxylation sites is 1. The van der Waals surface area contributed by atoms with E-state index in [2.05, 4.69) is 9.36 Å². The first-order valence-electron chi connectivity index (χ1n) is 3.86. The van der Waals surface area contributed by atoms with Crippen molar-refractivity contribution in [2.45, 2.75) is 0 Å². The summed E-state index contributed by atoms with van der Waals surface area (Å²) >= 11 is 0. The molecule has 1 aromatic rings. The topological polar surface area (TPSA) is 116 Å². The van der Waals surface area contributed by atoms with E-state index >= 15 is 0 Å². The Morgan fingerprint density at radius 2 is 1.94 bits per heavy atom. The minimum Gasteiger partial charge on any atom is -0.418 e. The molecule has 0 radical (unpaired) electrons. The summed E-state index contributed by atoms with van der Waals surface area (Å²) in [6.07, 6.45) is 0. The second-order valence-electron chi connectivity index (χ2n) is 2.51. The van der Waals surface area contributed by atoms with Gasteiger partial charge in [-0.2, -0.15) is 0 Å². The van der Waals surface area contributed by atoms with Crippen molar-refractivity contribution in [3.05, 3.63) is 40.4 Å². The molecule has 0 aromatic heterocycles. The molecular formula is C7H6NO7P. The SMILES string of the molecule is O=C(Oc1ccccc1)P(=O)(O)O[N+](=O)[O-]. The number of hydrogen-bond donors (Lipinski definition) is 1. The van der Waals surface area contributed by atoms with Crippen molar-refractivity contribution in [3.63, 3.8) is 0 Å². The quantitative estimate of drug-likeness (QED) is 0.487. The molecule has 1 unspecified atom stereocenters. The monoisotopic (exact) mass is 247 g/mol. The van der Waals surface area contributed by atoms with Gasteiger partial charge in [0.05, 0.1) is 0 Å². The van der Waals surface area contributed by atoms with E-state index in [1.54, 1.807) is 6.07 Å². The summed E-state index contributed by atoms with van der Waals surface area (Å²) in [6.45, 7) is 0. The lowest BCUT2D eigenvalue weighted by Gasteiger charge is -2.07. The standard InChI is InChI=1S/C7H6NO7P/c9-7(16(12,13)15-8(10)11)14-6-4-2-1-3-5-6/h1-5H,(H,12,13). The lowest BCUT2D eigenvalue weighted by atomic mass is 10.3. The lowest BCUT2D eigenvalue weighted by molar-refractivity contribution is -0.715. The molecule has 1 rings (SSSR count). The van der Waals surface area contributed by atoms with Crippen LogP contribution in [0.3, 0.4) is 0 Å². The zero-order valence-corrected chi connectivity index (χ0v) is 8.57. The van der Waals surface area contributed by atoms with Crippen molar-refractivity contribution in [2.75, 3.05) is 0 Å². The molecule has 8 nitrogen and oxygen atoms in total. The summed E-state index contributed by atoms with van der Waals surface area (Å²) in [5, 5.41) is 8.28. The van der Waals surface area contributed by atoms with Crippen molar-refractivity contribution in [2.24, 2.45) is 0 Å². The van der Waals surface area contributed by atoms with Gasteiger partial charge in [0.1, 0.15) is 5.75 Å². The van der Waals surface area contributed by atoms with Gasteiger partial charge in [0.2, 0.25) is 0 Å². The Morgan fingerprint density at radius 1 is 1.38 bits per heavy atom. The highest BCUT2D eigenvalue weighted by molar-refractivity contribution is 7.70. The summed E-state index contributed by atoms with van der Waals surface area (Å²) in [5.41, 5.74) is -1.71. The number of carbonyl (C=O) groups excluding carboxylic acids is 1. The van der Waals surface area contributed by atoms with Crippen LogP contribution in [-0.4, -0.2) is 15.7 Å². The van der Waals surface area contributed by atoms with Crippen molar-refractivity contribution in [3.8, 4) is 5.75 Å². The van der Waals surface area contributed by atoms with Gasteiger partial charge in [0, 0.05) is 0 Å².